The van der Waals surface area contributed by atoms with E-state index in [1.807, 2.05) is 30.1 Å². The molecule has 3 heterocycles. The highest BCUT2D eigenvalue weighted by atomic mass is 32.2. The minimum atomic E-state index is -0.143. The first-order valence-corrected chi connectivity index (χ1v) is 9.98. The molecule has 2 aromatic heterocycles. The Morgan fingerprint density at radius 3 is 3.08 bits per heavy atom. The number of hydrogen-bond donors (Lipinski definition) is 1. The van der Waals surface area contributed by atoms with Crippen molar-refractivity contribution in [3.05, 3.63) is 60.4 Å². The number of nitrogens with one attached hydrogen (secondary N) is 1. The van der Waals surface area contributed by atoms with Gasteiger partial charge in [-0.25, -0.2) is 4.98 Å². The van der Waals surface area contributed by atoms with Crippen molar-refractivity contribution in [2.45, 2.75) is 19.1 Å². The fourth-order valence-corrected chi connectivity index (χ4v) is 4.24. The highest BCUT2D eigenvalue weighted by molar-refractivity contribution is 7.99. The van der Waals surface area contributed by atoms with E-state index in [2.05, 4.69) is 33.1 Å². The number of aromatic nitrogens is 2. The Balaban J connectivity index is 1.39. The SMILES string of the molecule is O=C(NCCn1ccc2ccccc21)c1cccnc1O[C@H]1CCSC1. The molecule has 1 atom stereocenters. The molecule has 1 aromatic carbocycles. The highest BCUT2D eigenvalue weighted by Crippen LogP contribution is 2.24. The number of nitrogens with zero attached hydrogens (tertiary/aromatic N) is 2. The Bertz CT molecular complexity index is 903. The van der Waals surface area contributed by atoms with Crippen molar-refractivity contribution in [2.75, 3.05) is 18.1 Å². The van der Waals surface area contributed by atoms with Gasteiger partial charge in [0.25, 0.3) is 5.91 Å². The van der Waals surface area contributed by atoms with Crippen LogP contribution >= 0.6 is 11.8 Å². The maximum atomic E-state index is 12.6. The molecule has 1 aliphatic heterocycles. The molecule has 0 radical (unpaired) electrons. The van der Waals surface area contributed by atoms with Crippen molar-refractivity contribution in [3.63, 3.8) is 0 Å². The number of para-hydroxylation sites is 1. The summed E-state index contributed by atoms with van der Waals surface area (Å²) in [6, 6.07) is 13.9. The van der Waals surface area contributed by atoms with Gasteiger partial charge in [0.05, 0.1) is 0 Å². The van der Waals surface area contributed by atoms with Crippen molar-refractivity contribution in [2.24, 2.45) is 0 Å². The average molecular weight is 367 g/mol. The molecule has 26 heavy (non-hydrogen) atoms. The molecule has 6 heteroatoms. The molecular weight excluding hydrogens is 346 g/mol. The Morgan fingerprint density at radius 2 is 2.19 bits per heavy atom. The highest BCUT2D eigenvalue weighted by Gasteiger charge is 2.21. The van der Waals surface area contributed by atoms with Gasteiger partial charge in [-0.15, -0.1) is 0 Å². The summed E-state index contributed by atoms with van der Waals surface area (Å²) < 4.78 is 8.08. The maximum absolute atomic E-state index is 12.6. The molecule has 5 nitrogen and oxygen atoms in total. The number of ether oxygens (including phenoxy) is 1. The van der Waals surface area contributed by atoms with Gasteiger partial charge in [-0.3, -0.25) is 4.79 Å². The lowest BCUT2D eigenvalue weighted by molar-refractivity contribution is 0.0944. The summed E-state index contributed by atoms with van der Waals surface area (Å²) in [4.78, 5) is 16.9. The molecule has 1 N–H and O–H groups in total. The molecule has 3 aromatic rings. The number of benzene rings is 1. The molecule has 0 saturated carbocycles. The van der Waals surface area contributed by atoms with Crippen LogP contribution in [0.2, 0.25) is 0 Å². The molecule has 4 rings (SSSR count). The number of pyridine rings is 1. The van der Waals surface area contributed by atoms with Gasteiger partial charge in [-0.2, -0.15) is 11.8 Å². The predicted molar refractivity (Wildman–Crippen MR) is 105 cm³/mol. The summed E-state index contributed by atoms with van der Waals surface area (Å²) in [7, 11) is 0. The van der Waals surface area contributed by atoms with E-state index < -0.39 is 0 Å². The zero-order valence-corrected chi connectivity index (χ0v) is 15.2. The number of rotatable bonds is 6. The summed E-state index contributed by atoms with van der Waals surface area (Å²) in [5, 5.41) is 4.19. The van der Waals surface area contributed by atoms with Crippen LogP contribution in [0.4, 0.5) is 0 Å². The monoisotopic (exact) mass is 367 g/mol. The Labute approximate surface area is 156 Å². The third-order valence-electron chi connectivity index (χ3n) is 4.50. The molecule has 0 unspecified atom stereocenters. The van der Waals surface area contributed by atoms with Crippen LogP contribution < -0.4 is 10.1 Å². The van der Waals surface area contributed by atoms with Crippen molar-refractivity contribution in [3.8, 4) is 5.88 Å². The second kappa shape index (κ2) is 7.83. The summed E-state index contributed by atoms with van der Waals surface area (Å²) in [6.45, 7) is 1.26. The van der Waals surface area contributed by atoms with E-state index >= 15 is 0 Å². The van der Waals surface area contributed by atoms with Crippen LogP contribution in [0.5, 0.6) is 5.88 Å². The standard InChI is InChI=1S/C20H21N3O2S/c24-19(17-5-3-9-22-20(17)25-16-8-13-26-14-16)21-10-12-23-11-7-15-4-1-2-6-18(15)23/h1-7,9,11,16H,8,10,12-14H2,(H,21,24)/t16-/m0/s1. The van der Waals surface area contributed by atoms with Gasteiger partial charge in [0.2, 0.25) is 5.88 Å². The Hall–Kier alpha value is -2.47. The zero-order valence-electron chi connectivity index (χ0n) is 14.4. The fourth-order valence-electron chi connectivity index (χ4n) is 3.14. The van der Waals surface area contributed by atoms with Crippen LogP contribution in [-0.4, -0.2) is 39.6 Å². The predicted octanol–water partition coefficient (Wildman–Crippen LogP) is 3.35. The van der Waals surface area contributed by atoms with Crippen molar-refractivity contribution < 1.29 is 9.53 Å². The van der Waals surface area contributed by atoms with E-state index in [1.54, 1.807) is 18.3 Å². The first kappa shape index (κ1) is 17.0. The Kier molecular flexibility index (Phi) is 5.11. The maximum Gasteiger partial charge on any atom is 0.256 e. The topological polar surface area (TPSA) is 56.2 Å². The van der Waals surface area contributed by atoms with E-state index in [4.69, 9.17) is 4.74 Å². The summed E-state index contributed by atoms with van der Waals surface area (Å²) >= 11 is 1.87. The number of carbonyl (C=O) groups excluding carboxylic acids is 1. The van der Waals surface area contributed by atoms with Crippen molar-refractivity contribution >= 4 is 28.6 Å². The van der Waals surface area contributed by atoms with Crippen LogP contribution in [0.25, 0.3) is 10.9 Å². The van der Waals surface area contributed by atoms with Gasteiger partial charge in [0.15, 0.2) is 0 Å². The average Bonchev–Trinajstić information content (AvgIpc) is 3.32. The molecule has 1 amide bonds. The normalized spacial score (nSPS) is 16.7. The number of carbonyl (C=O) groups is 1. The van der Waals surface area contributed by atoms with Gasteiger partial charge < -0.3 is 14.6 Å². The van der Waals surface area contributed by atoms with E-state index in [0.29, 0.717) is 18.0 Å². The number of fused-ring (bicyclic) bond motifs is 1. The third kappa shape index (κ3) is 3.70. The van der Waals surface area contributed by atoms with Gasteiger partial charge in [-0.05, 0) is 41.8 Å². The zero-order chi connectivity index (χ0) is 17.8. The quantitative estimate of drug-likeness (QED) is 0.726. The summed E-state index contributed by atoms with van der Waals surface area (Å²) in [6.07, 6.45) is 4.86. The molecule has 0 spiro atoms. The minimum Gasteiger partial charge on any atom is -0.473 e. The van der Waals surface area contributed by atoms with Crippen LogP contribution in [-0.2, 0) is 6.54 Å². The second-order valence-corrected chi connectivity index (χ2v) is 7.43. The van der Waals surface area contributed by atoms with Crippen molar-refractivity contribution in [1.82, 2.24) is 14.9 Å². The van der Waals surface area contributed by atoms with Gasteiger partial charge in [0.1, 0.15) is 11.7 Å². The minimum absolute atomic E-state index is 0.143. The number of amides is 1. The number of thioether (sulfide) groups is 1. The van der Waals surface area contributed by atoms with Crippen LogP contribution in [0, 0.1) is 0 Å². The molecule has 1 fully saturated rings. The van der Waals surface area contributed by atoms with Crippen molar-refractivity contribution in [1.29, 1.82) is 0 Å². The van der Waals surface area contributed by atoms with E-state index in [9.17, 15) is 4.79 Å². The molecule has 1 saturated heterocycles. The molecule has 0 bridgehead atoms. The van der Waals surface area contributed by atoms with E-state index in [-0.39, 0.29) is 12.0 Å². The second-order valence-electron chi connectivity index (χ2n) is 6.28. The molecule has 1 aliphatic rings. The molecule has 134 valence electrons. The number of hydrogen-bond acceptors (Lipinski definition) is 4. The third-order valence-corrected chi connectivity index (χ3v) is 5.63. The lowest BCUT2D eigenvalue weighted by Gasteiger charge is -2.14. The smallest absolute Gasteiger partial charge is 0.256 e. The first-order chi connectivity index (χ1) is 12.8. The Morgan fingerprint density at radius 1 is 1.27 bits per heavy atom. The fraction of sp³-hybridized carbons (Fsp3) is 0.300. The lowest BCUT2D eigenvalue weighted by Crippen LogP contribution is -2.28. The molecule has 0 aliphatic carbocycles. The van der Waals surface area contributed by atoms with E-state index in [0.717, 1.165) is 24.5 Å². The molecular formula is C20H21N3O2S. The van der Waals surface area contributed by atoms with Crippen LogP contribution in [0.15, 0.2) is 54.9 Å². The summed E-state index contributed by atoms with van der Waals surface area (Å²) in [5.74, 6) is 2.35. The van der Waals surface area contributed by atoms with Gasteiger partial charge in [-0.1, -0.05) is 18.2 Å². The van der Waals surface area contributed by atoms with Gasteiger partial charge in [0, 0.05) is 36.8 Å². The van der Waals surface area contributed by atoms with Crippen LogP contribution in [0.1, 0.15) is 16.8 Å². The van der Waals surface area contributed by atoms with Crippen LogP contribution in [0.3, 0.4) is 0 Å². The van der Waals surface area contributed by atoms with E-state index in [1.165, 1.54) is 10.9 Å². The lowest BCUT2D eigenvalue weighted by atomic mass is 10.2. The largest absolute Gasteiger partial charge is 0.473 e. The first-order valence-electron chi connectivity index (χ1n) is 8.83. The summed E-state index contributed by atoms with van der Waals surface area (Å²) in [5.41, 5.74) is 1.67. The van der Waals surface area contributed by atoms with Gasteiger partial charge >= 0.3 is 0 Å².